The molecule has 1 fully saturated rings. The third kappa shape index (κ3) is 4.52. The third-order valence-corrected chi connectivity index (χ3v) is 6.05. The third-order valence-electron chi connectivity index (χ3n) is 3.86. The second-order valence-corrected chi connectivity index (χ2v) is 8.28. The van der Waals surface area contributed by atoms with E-state index in [9.17, 15) is 14.4 Å². The van der Waals surface area contributed by atoms with Gasteiger partial charge in [-0.25, -0.2) is 4.79 Å². The number of fused-ring (bicyclic) bond motifs is 1. The minimum atomic E-state index is -0.723. The Bertz CT molecular complexity index is 776. The van der Waals surface area contributed by atoms with E-state index >= 15 is 0 Å². The molecule has 1 saturated heterocycles. The van der Waals surface area contributed by atoms with E-state index in [2.05, 4.69) is 27.9 Å². The molecule has 0 aliphatic carbocycles. The minimum absolute atomic E-state index is 0.0706. The fourth-order valence-corrected chi connectivity index (χ4v) is 4.42. The summed E-state index contributed by atoms with van der Waals surface area (Å²) in [5.74, 6) is -0.479. The predicted molar refractivity (Wildman–Crippen MR) is 110 cm³/mol. The number of amides is 2. The normalized spacial score (nSPS) is 21.3. The molecule has 3 rings (SSSR count). The summed E-state index contributed by atoms with van der Waals surface area (Å²) >= 11 is 9.61. The van der Waals surface area contributed by atoms with Crippen molar-refractivity contribution in [3.8, 4) is 5.75 Å². The number of esters is 1. The van der Waals surface area contributed by atoms with Gasteiger partial charge < -0.3 is 14.8 Å². The number of hydrogen-bond acceptors (Lipinski definition) is 6. The zero-order chi connectivity index (χ0) is 19.4. The van der Waals surface area contributed by atoms with Gasteiger partial charge in [0, 0.05) is 10.2 Å². The largest absolute Gasteiger partial charge is 0.484 e. The summed E-state index contributed by atoms with van der Waals surface area (Å²) in [4.78, 5) is 38.1. The van der Waals surface area contributed by atoms with Crippen molar-refractivity contribution < 1.29 is 23.9 Å². The van der Waals surface area contributed by atoms with Crippen LogP contribution < -0.4 is 10.1 Å². The fraction of sp³-hybridized carbons (Fsp3) is 0.353. The van der Waals surface area contributed by atoms with Gasteiger partial charge in [0.25, 0.3) is 11.8 Å². The molecule has 2 atom stereocenters. The number of carbonyl (C=O) groups excluding carboxylic acids is 3. The van der Waals surface area contributed by atoms with E-state index in [-0.39, 0.29) is 35.2 Å². The van der Waals surface area contributed by atoms with Crippen molar-refractivity contribution in [1.29, 1.82) is 0 Å². The van der Waals surface area contributed by atoms with Crippen molar-refractivity contribution in [2.45, 2.75) is 11.4 Å². The molecule has 2 aliphatic heterocycles. The maximum absolute atomic E-state index is 12.5. The Kier molecular flexibility index (Phi) is 6.88. The first kappa shape index (κ1) is 20.3. The van der Waals surface area contributed by atoms with Crippen molar-refractivity contribution in [2.75, 3.05) is 23.4 Å². The van der Waals surface area contributed by atoms with Crippen LogP contribution in [0.3, 0.4) is 0 Å². The topological polar surface area (TPSA) is 84.9 Å². The smallest absolute Gasteiger partial charge is 0.356 e. The van der Waals surface area contributed by atoms with E-state index in [4.69, 9.17) is 21.1 Å². The van der Waals surface area contributed by atoms with Crippen molar-refractivity contribution in [3.63, 3.8) is 0 Å². The Balaban J connectivity index is 1.58. The highest BCUT2D eigenvalue weighted by Gasteiger charge is 2.54. The van der Waals surface area contributed by atoms with Crippen LogP contribution in [0.15, 0.2) is 41.1 Å². The van der Waals surface area contributed by atoms with Crippen molar-refractivity contribution in [3.05, 3.63) is 41.1 Å². The summed E-state index contributed by atoms with van der Waals surface area (Å²) in [6, 6.07) is 8.19. The number of hydrogen-bond donors (Lipinski definition) is 1. The molecular formula is C17H16ClIN2O5S. The van der Waals surface area contributed by atoms with Gasteiger partial charge in [-0.15, -0.1) is 11.8 Å². The quantitative estimate of drug-likeness (QED) is 0.255. The second kappa shape index (κ2) is 9.16. The van der Waals surface area contributed by atoms with E-state index < -0.39 is 17.9 Å². The number of ether oxygens (including phenoxy) is 2. The minimum Gasteiger partial charge on any atom is -0.484 e. The number of β-lactam (4-membered cyclic amide) rings is 1. The van der Waals surface area contributed by atoms with Gasteiger partial charge in [-0.1, -0.05) is 52.4 Å². The van der Waals surface area contributed by atoms with Gasteiger partial charge >= 0.3 is 5.97 Å². The summed E-state index contributed by atoms with van der Waals surface area (Å²) in [6.07, 6.45) is 0. The van der Waals surface area contributed by atoms with Gasteiger partial charge in [0.2, 0.25) is 0 Å². The number of carbonyl (C=O) groups is 3. The zero-order valence-corrected chi connectivity index (χ0v) is 17.8. The summed E-state index contributed by atoms with van der Waals surface area (Å²) in [5, 5.41) is 2.55. The van der Waals surface area contributed by atoms with E-state index in [1.807, 2.05) is 6.07 Å². The van der Waals surface area contributed by atoms with Gasteiger partial charge in [0.15, 0.2) is 6.61 Å². The Labute approximate surface area is 178 Å². The highest BCUT2D eigenvalue weighted by Crippen LogP contribution is 2.41. The Morgan fingerprint density at radius 2 is 2.07 bits per heavy atom. The van der Waals surface area contributed by atoms with Gasteiger partial charge in [-0.3, -0.25) is 14.5 Å². The van der Waals surface area contributed by atoms with E-state index in [1.54, 1.807) is 24.3 Å². The summed E-state index contributed by atoms with van der Waals surface area (Å²) in [5.41, 5.74) is 0.0706. The highest BCUT2D eigenvalue weighted by molar-refractivity contribution is 14.1. The van der Waals surface area contributed by atoms with Crippen LogP contribution in [0.4, 0.5) is 0 Å². The first-order valence-corrected chi connectivity index (χ1v) is 11.0. The lowest BCUT2D eigenvalue weighted by Gasteiger charge is -2.49. The van der Waals surface area contributed by atoms with Crippen LogP contribution >= 0.6 is 46.0 Å². The lowest BCUT2D eigenvalue weighted by atomic mass is 10.1. The standard InChI is InChI=1S/C17H16ClIN2O5S/c18-11-9-27-16-13(15(23)21(16)14(11)17(24)25-7-6-19)20-12(22)8-26-10-4-2-1-3-5-10/h1-5,13,16H,6-9H2,(H,20,22)/t13?,16-/m0/s1. The first-order chi connectivity index (χ1) is 13.0. The van der Waals surface area contributed by atoms with Crippen LogP contribution in [0.1, 0.15) is 0 Å². The molecule has 0 spiro atoms. The van der Waals surface area contributed by atoms with Crippen molar-refractivity contribution in [1.82, 2.24) is 10.2 Å². The van der Waals surface area contributed by atoms with Gasteiger partial charge in [-0.2, -0.15) is 0 Å². The van der Waals surface area contributed by atoms with E-state index in [0.29, 0.717) is 15.9 Å². The molecule has 0 radical (unpaired) electrons. The number of benzene rings is 1. The van der Waals surface area contributed by atoms with Gasteiger partial charge in [-0.05, 0) is 12.1 Å². The molecule has 1 unspecified atom stereocenters. The summed E-state index contributed by atoms with van der Waals surface area (Å²) in [7, 11) is 0. The van der Waals surface area contributed by atoms with Crippen LogP contribution in [0.25, 0.3) is 0 Å². The molecule has 1 aromatic rings. The van der Waals surface area contributed by atoms with Crippen LogP contribution in [0, 0.1) is 0 Å². The predicted octanol–water partition coefficient (Wildman–Crippen LogP) is 1.89. The average Bonchev–Trinajstić information content (AvgIpc) is 2.69. The number of nitrogens with one attached hydrogen (secondary N) is 1. The summed E-state index contributed by atoms with van der Waals surface area (Å²) in [6.45, 7) is 0.0379. The molecular weight excluding hydrogens is 507 g/mol. The molecule has 2 aliphatic rings. The van der Waals surface area contributed by atoms with Gasteiger partial charge in [0.1, 0.15) is 29.5 Å². The van der Waals surface area contributed by atoms with Gasteiger partial charge in [0.05, 0.1) is 5.03 Å². The van der Waals surface area contributed by atoms with E-state index in [0.717, 1.165) is 0 Å². The molecule has 144 valence electrons. The molecule has 2 heterocycles. The van der Waals surface area contributed by atoms with Crippen LogP contribution in [-0.4, -0.2) is 57.5 Å². The molecule has 0 aromatic heterocycles. The zero-order valence-electron chi connectivity index (χ0n) is 14.0. The molecule has 2 amide bonds. The lowest BCUT2D eigenvalue weighted by molar-refractivity contribution is -0.152. The molecule has 1 N–H and O–H groups in total. The molecule has 0 saturated carbocycles. The number of nitrogens with zero attached hydrogens (tertiary/aromatic N) is 1. The Morgan fingerprint density at radius 1 is 1.33 bits per heavy atom. The first-order valence-electron chi connectivity index (χ1n) is 8.06. The number of para-hydroxylation sites is 1. The number of thioether (sulfide) groups is 1. The molecule has 1 aromatic carbocycles. The maximum atomic E-state index is 12.5. The maximum Gasteiger partial charge on any atom is 0.356 e. The second-order valence-electron chi connectivity index (χ2n) is 5.64. The van der Waals surface area contributed by atoms with Crippen molar-refractivity contribution >= 4 is 63.7 Å². The van der Waals surface area contributed by atoms with E-state index in [1.165, 1.54) is 16.7 Å². The summed E-state index contributed by atoms with van der Waals surface area (Å²) < 4.78 is 11.1. The Morgan fingerprint density at radius 3 is 2.78 bits per heavy atom. The number of alkyl halides is 1. The highest BCUT2D eigenvalue weighted by atomic mass is 127. The molecule has 10 heteroatoms. The molecule has 7 nitrogen and oxygen atoms in total. The van der Waals surface area contributed by atoms with Crippen LogP contribution in [-0.2, 0) is 19.1 Å². The van der Waals surface area contributed by atoms with Crippen LogP contribution in [0.2, 0.25) is 0 Å². The molecule has 27 heavy (non-hydrogen) atoms. The average molecular weight is 523 g/mol. The molecule has 0 bridgehead atoms. The lowest BCUT2D eigenvalue weighted by Crippen LogP contribution is -2.70. The monoisotopic (exact) mass is 522 g/mol. The Hall–Kier alpha value is -1.46. The van der Waals surface area contributed by atoms with Crippen LogP contribution in [0.5, 0.6) is 5.75 Å². The van der Waals surface area contributed by atoms with Crippen molar-refractivity contribution in [2.24, 2.45) is 0 Å². The fourth-order valence-electron chi connectivity index (χ4n) is 2.65. The SMILES string of the molecule is O=C(COc1ccccc1)NC1C(=O)N2C(C(=O)OCCI)=C(Cl)CS[C@@H]12. The number of rotatable bonds is 7. The number of halogens is 2.